The number of amides is 2. The van der Waals surface area contributed by atoms with Gasteiger partial charge in [-0.2, -0.15) is 0 Å². The van der Waals surface area contributed by atoms with E-state index in [1.165, 1.54) is 0 Å². The van der Waals surface area contributed by atoms with Crippen molar-refractivity contribution in [1.29, 1.82) is 0 Å². The summed E-state index contributed by atoms with van der Waals surface area (Å²) in [7, 11) is 1.59. The fourth-order valence-electron chi connectivity index (χ4n) is 1.80. The highest BCUT2D eigenvalue weighted by molar-refractivity contribution is 6.00. The van der Waals surface area contributed by atoms with E-state index in [-0.39, 0.29) is 12.1 Å². The minimum atomic E-state index is -0.254. The van der Waals surface area contributed by atoms with E-state index in [0.717, 1.165) is 10.9 Å². The van der Waals surface area contributed by atoms with Gasteiger partial charge in [0.25, 0.3) is 0 Å². The molecule has 0 fully saturated rings. The van der Waals surface area contributed by atoms with E-state index in [1.807, 2.05) is 32.0 Å². The van der Waals surface area contributed by atoms with E-state index in [0.29, 0.717) is 11.4 Å². The number of carbonyl (C=O) groups excluding carboxylic acids is 1. The van der Waals surface area contributed by atoms with Crippen LogP contribution < -0.4 is 15.4 Å². The Hall–Kier alpha value is -2.30. The number of hydrogen-bond acceptors (Lipinski definition) is 3. The Morgan fingerprint density at radius 3 is 2.84 bits per heavy atom. The Kier molecular flexibility index (Phi) is 3.85. The number of nitrogens with zero attached hydrogens (tertiary/aromatic N) is 1. The third-order valence-corrected chi connectivity index (χ3v) is 2.58. The summed E-state index contributed by atoms with van der Waals surface area (Å²) >= 11 is 0. The Bertz CT molecular complexity index is 596. The average molecular weight is 259 g/mol. The number of fused-ring (bicyclic) bond motifs is 1. The van der Waals surface area contributed by atoms with Crippen molar-refractivity contribution in [2.24, 2.45) is 0 Å². The summed E-state index contributed by atoms with van der Waals surface area (Å²) in [5, 5.41) is 6.49. The number of anilines is 1. The molecule has 0 spiro atoms. The zero-order valence-corrected chi connectivity index (χ0v) is 11.2. The molecule has 2 aromatic rings. The molecular formula is C14H17N3O2. The molecule has 1 heterocycles. The predicted octanol–water partition coefficient (Wildman–Crippen LogP) is 2.77. The monoisotopic (exact) mass is 259 g/mol. The van der Waals surface area contributed by atoms with Crippen molar-refractivity contribution in [2.45, 2.75) is 19.9 Å². The first kappa shape index (κ1) is 13.1. The maximum atomic E-state index is 11.8. The Labute approximate surface area is 112 Å². The number of aromatic nitrogens is 1. The Balaban J connectivity index is 2.37. The van der Waals surface area contributed by atoms with Crippen molar-refractivity contribution in [1.82, 2.24) is 10.3 Å². The first-order valence-corrected chi connectivity index (χ1v) is 6.10. The van der Waals surface area contributed by atoms with Crippen molar-refractivity contribution in [3.63, 3.8) is 0 Å². The lowest BCUT2D eigenvalue weighted by Crippen LogP contribution is -2.34. The van der Waals surface area contributed by atoms with Gasteiger partial charge in [-0.15, -0.1) is 0 Å². The van der Waals surface area contributed by atoms with Crippen LogP contribution in [0.1, 0.15) is 13.8 Å². The van der Waals surface area contributed by atoms with Gasteiger partial charge in [-0.05, 0) is 26.0 Å². The van der Waals surface area contributed by atoms with Gasteiger partial charge in [0.2, 0.25) is 0 Å². The maximum Gasteiger partial charge on any atom is 0.319 e. The lowest BCUT2D eigenvalue weighted by molar-refractivity contribution is 0.250. The number of methoxy groups -OCH3 is 1. The van der Waals surface area contributed by atoms with E-state index in [2.05, 4.69) is 15.6 Å². The number of nitrogens with one attached hydrogen (secondary N) is 2. The van der Waals surface area contributed by atoms with Crippen LogP contribution in [0.5, 0.6) is 5.75 Å². The van der Waals surface area contributed by atoms with Crippen LogP contribution in [0, 0.1) is 0 Å². The molecule has 100 valence electrons. The minimum absolute atomic E-state index is 0.0739. The zero-order chi connectivity index (χ0) is 13.8. The van der Waals surface area contributed by atoms with Crippen molar-refractivity contribution >= 4 is 22.6 Å². The summed E-state index contributed by atoms with van der Waals surface area (Å²) in [4.78, 5) is 16.1. The molecule has 0 saturated heterocycles. The molecule has 5 nitrogen and oxygen atoms in total. The highest BCUT2D eigenvalue weighted by Crippen LogP contribution is 2.27. The molecule has 0 aliphatic rings. The van der Waals surface area contributed by atoms with Crippen LogP contribution in [0.15, 0.2) is 30.5 Å². The zero-order valence-electron chi connectivity index (χ0n) is 11.2. The quantitative estimate of drug-likeness (QED) is 0.890. The van der Waals surface area contributed by atoms with Crippen LogP contribution in [0.4, 0.5) is 10.5 Å². The molecule has 2 amide bonds. The molecule has 0 radical (unpaired) electrons. The largest absolute Gasteiger partial charge is 0.497 e. The Morgan fingerprint density at radius 1 is 1.37 bits per heavy atom. The molecule has 0 atom stereocenters. The van der Waals surface area contributed by atoms with Gasteiger partial charge in [-0.1, -0.05) is 6.07 Å². The number of rotatable bonds is 3. The molecule has 5 heteroatoms. The summed E-state index contributed by atoms with van der Waals surface area (Å²) < 4.78 is 5.23. The second-order valence-electron chi connectivity index (χ2n) is 4.50. The normalized spacial score (nSPS) is 10.5. The van der Waals surface area contributed by atoms with E-state index < -0.39 is 0 Å². The first-order chi connectivity index (χ1) is 9.10. The summed E-state index contributed by atoms with van der Waals surface area (Å²) in [5.74, 6) is 0.681. The fraction of sp³-hybridized carbons (Fsp3) is 0.286. The molecular weight excluding hydrogens is 242 g/mol. The molecule has 0 unspecified atom stereocenters. The molecule has 2 rings (SSSR count). The van der Waals surface area contributed by atoms with Crippen LogP contribution in [-0.2, 0) is 0 Å². The summed E-state index contributed by atoms with van der Waals surface area (Å²) in [6.45, 7) is 3.81. The van der Waals surface area contributed by atoms with Crippen molar-refractivity contribution < 1.29 is 9.53 Å². The van der Waals surface area contributed by atoms with Crippen LogP contribution in [0.3, 0.4) is 0 Å². The minimum Gasteiger partial charge on any atom is -0.497 e. The topological polar surface area (TPSA) is 63.2 Å². The number of carbonyl (C=O) groups is 1. The van der Waals surface area contributed by atoms with Crippen molar-refractivity contribution in [3.8, 4) is 5.75 Å². The number of pyridine rings is 1. The summed E-state index contributed by atoms with van der Waals surface area (Å²) in [6.07, 6.45) is 1.69. The number of ether oxygens (including phenoxy) is 1. The molecule has 1 aromatic heterocycles. The predicted molar refractivity (Wildman–Crippen MR) is 75.6 cm³/mol. The smallest absolute Gasteiger partial charge is 0.319 e. The number of urea groups is 1. The van der Waals surface area contributed by atoms with Crippen LogP contribution in [0.2, 0.25) is 0 Å². The van der Waals surface area contributed by atoms with Crippen LogP contribution in [-0.4, -0.2) is 24.2 Å². The van der Waals surface area contributed by atoms with E-state index >= 15 is 0 Å². The van der Waals surface area contributed by atoms with Gasteiger partial charge in [0.15, 0.2) is 0 Å². The summed E-state index contributed by atoms with van der Waals surface area (Å²) in [6, 6.07) is 7.24. The Morgan fingerprint density at radius 2 is 2.16 bits per heavy atom. The maximum absolute atomic E-state index is 11.8. The molecule has 19 heavy (non-hydrogen) atoms. The highest BCUT2D eigenvalue weighted by Gasteiger charge is 2.09. The standard InChI is InChI=1S/C14H17N3O2/c1-9(2)16-14(18)17-12-8-11(19-3)7-10-5-4-6-15-13(10)12/h4-9H,1-3H3,(H2,16,17,18). The molecule has 0 bridgehead atoms. The van der Waals surface area contributed by atoms with Crippen LogP contribution in [0.25, 0.3) is 10.9 Å². The van der Waals surface area contributed by atoms with Gasteiger partial charge in [-0.25, -0.2) is 4.79 Å². The molecule has 1 aromatic carbocycles. The average Bonchev–Trinajstić information content (AvgIpc) is 2.37. The second kappa shape index (κ2) is 5.56. The van der Waals surface area contributed by atoms with Gasteiger partial charge in [0, 0.05) is 23.7 Å². The highest BCUT2D eigenvalue weighted by atomic mass is 16.5. The molecule has 0 aliphatic heterocycles. The van der Waals surface area contributed by atoms with E-state index in [4.69, 9.17) is 4.74 Å². The number of hydrogen-bond donors (Lipinski definition) is 2. The fourth-order valence-corrected chi connectivity index (χ4v) is 1.80. The van der Waals surface area contributed by atoms with E-state index in [9.17, 15) is 4.79 Å². The second-order valence-corrected chi connectivity index (χ2v) is 4.50. The van der Waals surface area contributed by atoms with Gasteiger partial charge in [0.05, 0.1) is 18.3 Å². The summed E-state index contributed by atoms with van der Waals surface area (Å²) in [5.41, 5.74) is 1.37. The molecule has 0 aliphatic carbocycles. The van der Waals surface area contributed by atoms with Crippen molar-refractivity contribution in [3.05, 3.63) is 30.5 Å². The molecule has 0 saturated carbocycles. The first-order valence-electron chi connectivity index (χ1n) is 6.10. The van der Waals surface area contributed by atoms with Gasteiger partial charge < -0.3 is 15.4 Å². The molecule has 2 N–H and O–H groups in total. The number of benzene rings is 1. The third kappa shape index (κ3) is 3.13. The van der Waals surface area contributed by atoms with Gasteiger partial charge in [-0.3, -0.25) is 4.98 Å². The third-order valence-electron chi connectivity index (χ3n) is 2.58. The SMILES string of the molecule is COc1cc(NC(=O)NC(C)C)c2ncccc2c1. The lowest BCUT2D eigenvalue weighted by Gasteiger charge is -2.12. The van der Waals surface area contributed by atoms with Gasteiger partial charge >= 0.3 is 6.03 Å². The van der Waals surface area contributed by atoms with Crippen LogP contribution >= 0.6 is 0 Å². The van der Waals surface area contributed by atoms with E-state index in [1.54, 1.807) is 19.4 Å². The van der Waals surface area contributed by atoms with Crippen molar-refractivity contribution in [2.75, 3.05) is 12.4 Å². The lowest BCUT2D eigenvalue weighted by atomic mass is 10.2. The van der Waals surface area contributed by atoms with Gasteiger partial charge in [0.1, 0.15) is 5.75 Å².